The molecular formula is C21H23FN4O. The maximum Gasteiger partial charge on any atom is 0.223 e. The highest BCUT2D eigenvalue weighted by molar-refractivity contribution is 5.79. The number of nitrogens with zero attached hydrogens (tertiary/aromatic N) is 2. The fourth-order valence-corrected chi connectivity index (χ4v) is 3.31. The van der Waals surface area contributed by atoms with E-state index >= 15 is 0 Å². The molecule has 0 saturated carbocycles. The van der Waals surface area contributed by atoms with Gasteiger partial charge in [-0.15, -0.1) is 0 Å². The molecule has 0 radical (unpaired) electrons. The predicted molar refractivity (Wildman–Crippen MR) is 104 cm³/mol. The Kier molecular flexibility index (Phi) is 6.26. The van der Waals surface area contributed by atoms with Gasteiger partial charge in [0.1, 0.15) is 5.82 Å². The number of amides is 1. The summed E-state index contributed by atoms with van der Waals surface area (Å²) in [6.07, 6.45) is 1.38. The van der Waals surface area contributed by atoms with E-state index in [1.54, 1.807) is 12.1 Å². The van der Waals surface area contributed by atoms with Crippen LogP contribution >= 0.6 is 0 Å². The van der Waals surface area contributed by atoms with Crippen LogP contribution in [0.25, 0.3) is 0 Å². The van der Waals surface area contributed by atoms with Crippen molar-refractivity contribution in [2.24, 2.45) is 5.92 Å². The number of para-hydroxylation sites is 1. The van der Waals surface area contributed by atoms with E-state index in [0.717, 1.165) is 5.69 Å². The molecule has 0 aliphatic carbocycles. The van der Waals surface area contributed by atoms with Gasteiger partial charge < -0.3 is 15.5 Å². The zero-order valence-electron chi connectivity index (χ0n) is 15.1. The monoisotopic (exact) mass is 366 g/mol. The number of piperidine rings is 1. The number of anilines is 2. The smallest absolute Gasteiger partial charge is 0.223 e. The SMILES string of the molecule is N#Cc1ccc(N2CCC(C(=O)NCCNc3ccccc3)CC2)c(F)c1. The van der Waals surface area contributed by atoms with E-state index in [2.05, 4.69) is 10.6 Å². The molecule has 1 heterocycles. The molecule has 2 N–H and O–H groups in total. The van der Waals surface area contributed by atoms with Gasteiger partial charge in [-0.2, -0.15) is 5.26 Å². The third kappa shape index (κ3) is 4.98. The third-order valence-electron chi connectivity index (χ3n) is 4.81. The van der Waals surface area contributed by atoms with Crippen molar-refractivity contribution in [3.63, 3.8) is 0 Å². The number of nitriles is 1. The fraction of sp³-hybridized carbons (Fsp3) is 0.333. The molecule has 0 unspecified atom stereocenters. The van der Waals surface area contributed by atoms with Gasteiger partial charge in [0, 0.05) is 37.8 Å². The normalized spacial score (nSPS) is 14.4. The van der Waals surface area contributed by atoms with Crippen LogP contribution in [0.4, 0.5) is 15.8 Å². The van der Waals surface area contributed by atoms with Crippen LogP contribution in [0.5, 0.6) is 0 Å². The Labute approximate surface area is 158 Å². The van der Waals surface area contributed by atoms with Crippen LogP contribution < -0.4 is 15.5 Å². The first kappa shape index (κ1) is 18.7. The van der Waals surface area contributed by atoms with Crippen LogP contribution in [0.3, 0.4) is 0 Å². The van der Waals surface area contributed by atoms with Crippen molar-refractivity contribution in [3.05, 3.63) is 59.9 Å². The molecule has 2 aromatic carbocycles. The molecule has 27 heavy (non-hydrogen) atoms. The van der Waals surface area contributed by atoms with Gasteiger partial charge in [-0.05, 0) is 43.2 Å². The highest BCUT2D eigenvalue weighted by Crippen LogP contribution is 2.26. The van der Waals surface area contributed by atoms with Gasteiger partial charge in [-0.1, -0.05) is 18.2 Å². The lowest BCUT2D eigenvalue weighted by molar-refractivity contribution is -0.125. The van der Waals surface area contributed by atoms with Crippen LogP contribution in [0.2, 0.25) is 0 Å². The lowest BCUT2D eigenvalue weighted by Gasteiger charge is -2.33. The number of carbonyl (C=O) groups excluding carboxylic acids is 1. The molecule has 3 rings (SSSR count). The fourth-order valence-electron chi connectivity index (χ4n) is 3.31. The van der Waals surface area contributed by atoms with Crippen molar-refractivity contribution in [2.45, 2.75) is 12.8 Å². The number of hydrogen-bond acceptors (Lipinski definition) is 4. The Hall–Kier alpha value is -3.07. The average Bonchev–Trinajstić information content (AvgIpc) is 2.72. The highest BCUT2D eigenvalue weighted by atomic mass is 19.1. The molecule has 140 valence electrons. The minimum absolute atomic E-state index is 0.0422. The van der Waals surface area contributed by atoms with Gasteiger partial charge in [-0.25, -0.2) is 4.39 Å². The number of carbonyl (C=O) groups is 1. The summed E-state index contributed by atoms with van der Waals surface area (Å²) in [5.41, 5.74) is 1.85. The number of halogens is 1. The topological polar surface area (TPSA) is 68.2 Å². The summed E-state index contributed by atoms with van der Waals surface area (Å²) >= 11 is 0. The van der Waals surface area contributed by atoms with E-state index in [9.17, 15) is 9.18 Å². The van der Waals surface area contributed by atoms with Gasteiger partial charge in [0.05, 0.1) is 17.3 Å². The summed E-state index contributed by atoms with van der Waals surface area (Å²) in [5.74, 6) is -0.367. The first-order chi connectivity index (χ1) is 13.2. The third-order valence-corrected chi connectivity index (χ3v) is 4.81. The highest BCUT2D eigenvalue weighted by Gasteiger charge is 2.26. The Morgan fingerprint density at radius 1 is 1.15 bits per heavy atom. The molecular weight excluding hydrogens is 343 g/mol. The van der Waals surface area contributed by atoms with Crippen molar-refractivity contribution < 1.29 is 9.18 Å². The predicted octanol–water partition coefficient (Wildman–Crippen LogP) is 3.14. The molecule has 0 bridgehead atoms. The molecule has 1 aliphatic rings. The van der Waals surface area contributed by atoms with Gasteiger partial charge in [0.2, 0.25) is 5.91 Å². The molecule has 0 aromatic heterocycles. The van der Waals surface area contributed by atoms with Crippen molar-refractivity contribution >= 4 is 17.3 Å². The van der Waals surface area contributed by atoms with Crippen molar-refractivity contribution in [1.29, 1.82) is 5.26 Å². The first-order valence-corrected chi connectivity index (χ1v) is 9.18. The maximum atomic E-state index is 14.1. The van der Waals surface area contributed by atoms with Crippen molar-refractivity contribution in [3.8, 4) is 6.07 Å². The summed E-state index contributed by atoms with van der Waals surface area (Å²) in [6.45, 7) is 2.50. The summed E-state index contributed by atoms with van der Waals surface area (Å²) in [4.78, 5) is 14.3. The Balaban J connectivity index is 1.42. The summed E-state index contributed by atoms with van der Waals surface area (Å²) in [6, 6.07) is 16.3. The number of benzene rings is 2. The largest absolute Gasteiger partial charge is 0.383 e. The maximum absolute atomic E-state index is 14.1. The lowest BCUT2D eigenvalue weighted by atomic mass is 9.95. The van der Waals surface area contributed by atoms with Gasteiger partial charge in [0.25, 0.3) is 0 Å². The minimum atomic E-state index is -0.385. The zero-order chi connectivity index (χ0) is 19.1. The summed E-state index contributed by atoms with van der Waals surface area (Å²) < 4.78 is 14.1. The van der Waals surface area contributed by atoms with Crippen LogP contribution in [-0.2, 0) is 4.79 Å². The molecule has 1 amide bonds. The molecule has 1 aliphatic heterocycles. The molecule has 2 aromatic rings. The molecule has 6 heteroatoms. The Morgan fingerprint density at radius 2 is 1.89 bits per heavy atom. The number of rotatable bonds is 6. The molecule has 0 atom stereocenters. The first-order valence-electron chi connectivity index (χ1n) is 9.18. The summed E-state index contributed by atoms with van der Waals surface area (Å²) in [7, 11) is 0. The zero-order valence-corrected chi connectivity index (χ0v) is 15.1. The Bertz CT molecular complexity index is 811. The van der Waals surface area contributed by atoms with Crippen LogP contribution in [-0.4, -0.2) is 32.1 Å². The second kappa shape index (κ2) is 9.04. The Morgan fingerprint density at radius 3 is 2.56 bits per heavy atom. The van der Waals surface area contributed by atoms with Crippen molar-refractivity contribution in [2.75, 3.05) is 36.4 Å². The number of nitrogens with one attached hydrogen (secondary N) is 2. The van der Waals surface area contributed by atoms with Gasteiger partial charge >= 0.3 is 0 Å². The quantitative estimate of drug-likeness (QED) is 0.771. The second-order valence-corrected chi connectivity index (χ2v) is 6.62. The van der Waals surface area contributed by atoms with Crippen LogP contribution in [0.15, 0.2) is 48.5 Å². The summed E-state index contributed by atoms with van der Waals surface area (Å²) in [5, 5.41) is 15.1. The average molecular weight is 366 g/mol. The van der Waals surface area contributed by atoms with Crippen LogP contribution in [0.1, 0.15) is 18.4 Å². The van der Waals surface area contributed by atoms with E-state index in [1.165, 1.54) is 6.07 Å². The van der Waals surface area contributed by atoms with Crippen molar-refractivity contribution in [1.82, 2.24) is 5.32 Å². The van der Waals surface area contributed by atoms with E-state index in [4.69, 9.17) is 5.26 Å². The van der Waals surface area contributed by atoms with Gasteiger partial charge in [-0.3, -0.25) is 4.79 Å². The lowest BCUT2D eigenvalue weighted by Crippen LogP contribution is -2.41. The molecule has 0 spiro atoms. The minimum Gasteiger partial charge on any atom is -0.383 e. The standard InChI is InChI=1S/C21H23FN4O/c22-19-14-16(15-23)6-7-20(19)26-12-8-17(9-13-26)21(27)25-11-10-24-18-4-2-1-3-5-18/h1-7,14,17,24H,8-13H2,(H,25,27). The number of hydrogen-bond donors (Lipinski definition) is 2. The van der Waals surface area contributed by atoms with E-state index < -0.39 is 0 Å². The van der Waals surface area contributed by atoms with E-state index in [-0.39, 0.29) is 17.6 Å². The van der Waals surface area contributed by atoms with Crippen LogP contribution in [0, 0.1) is 23.1 Å². The molecule has 1 saturated heterocycles. The van der Waals surface area contributed by atoms with E-state index in [1.807, 2.05) is 41.3 Å². The second-order valence-electron chi connectivity index (χ2n) is 6.62. The van der Waals surface area contributed by atoms with E-state index in [0.29, 0.717) is 50.3 Å². The molecule has 5 nitrogen and oxygen atoms in total. The van der Waals surface area contributed by atoms with Gasteiger partial charge in [0.15, 0.2) is 0 Å². The molecule has 1 fully saturated rings.